The summed E-state index contributed by atoms with van der Waals surface area (Å²) in [5, 5.41) is 2.84. The van der Waals surface area contributed by atoms with Crippen molar-refractivity contribution < 1.29 is 23.9 Å². The first-order chi connectivity index (χ1) is 14.1. The second kappa shape index (κ2) is 9.73. The molecule has 152 valence electrons. The van der Waals surface area contributed by atoms with E-state index in [4.69, 9.17) is 9.47 Å². The number of benzene rings is 2. The fraction of sp³-hybridized carbons (Fsp3) is 0.318. The number of ether oxygens (including phenoxy) is 2. The molecule has 1 saturated heterocycles. The lowest BCUT2D eigenvalue weighted by molar-refractivity contribution is -0.170. The minimum absolute atomic E-state index is 0.195. The van der Waals surface area contributed by atoms with E-state index in [-0.39, 0.29) is 11.9 Å². The summed E-state index contributed by atoms with van der Waals surface area (Å²) in [7, 11) is 1.26. The summed E-state index contributed by atoms with van der Waals surface area (Å²) >= 11 is 0. The van der Waals surface area contributed by atoms with Gasteiger partial charge < -0.3 is 19.7 Å². The Labute approximate surface area is 169 Å². The van der Waals surface area contributed by atoms with Crippen LogP contribution < -0.4 is 5.32 Å². The molecular weight excluding hydrogens is 372 g/mol. The molecule has 0 saturated carbocycles. The number of urea groups is 1. The predicted octanol–water partition coefficient (Wildman–Crippen LogP) is 3.39. The SMILES string of the molecule is COC(=O)C(OC(=O)C1CCN(C(=O)Nc2ccccc2)CC1)c1ccccc1. The van der Waals surface area contributed by atoms with E-state index in [9.17, 15) is 14.4 Å². The second-order valence-electron chi connectivity index (χ2n) is 6.81. The zero-order valence-electron chi connectivity index (χ0n) is 16.2. The fourth-order valence-electron chi connectivity index (χ4n) is 3.24. The van der Waals surface area contributed by atoms with Gasteiger partial charge in [0.15, 0.2) is 0 Å². The van der Waals surface area contributed by atoms with Gasteiger partial charge in [0.25, 0.3) is 0 Å². The van der Waals surface area contributed by atoms with E-state index in [0.29, 0.717) is 31.5 Å². The third-order valence-electron chi connectivity index (χ3n) is 4.89. The van der Waals surface area contributed by atoms with E-state index in [1.807, 2.05) is 36.4 Å². The number of nitrogens with one attached hydrogen (secondary N) is 1. The highest BCUT2D eigenvalue weighted by atomic mass is 16.6. The molecule has 2 aromatic carbocycles. The van der Waals surface area contributed by atoms with E-state index in [1.54, 1.807) is 29.2 Å². The number of esters is 2. The van der Waals surface area contributed by atoms with Crippen LogP contribution in [0, 0.1) is 5.92 Å². The number of hydrogen-bond donors (Lipinski definition) is 1. The maximum Gasteiger partial charge on any atom is 0.351 e. The number of hydrogen-bond acceptors (Lipinski definition) is 5. The zero-order chi connectivity index (χ0) is 20.6. The first-order valence-electron chi connectivity index (χ1n) is 9.52. The van der Waals surface area contributed by atoms with Gasteiger partial charge in [0.2, 0.25) is 6.10 Å². The Kier molecular flexibility index (Phi) is 6.84. The van der Waals surface area contributed by atoms with E-state index in [0.717, 1.165) is 5.69 Å². The summed E-state index contributed by atoms with van der Waals surface area (Å²) < 4.78 is 10.3. The molecule has 0 aromatic heterocycles. The summed E-state index contributed by atoms with van der Waals surface area (Å²) in [6.45, 7) is 0.874. The van der Waals surface area contributed by atoms with Crippen molar-refractivity contribution in [2.24, 2.45) is 5.92 Å². The molecule has 1 aliphatic heterocycles. The molecule has 0 aliphatic carbocycles. The average Bonchev–Trinajstić information content (AvgIpc) is 2.78. The van der Waals surface area contributed by atoms with Gasteiger partial charge in [0.05, 0.1) is 13.0 Å². The number of amides is 2. The number of methoxy groups -OCH3 is 1. The Bertz CT molecular complexity index is 833. The van der Waals surface area contributed by atoms with E-state index in [2.05, 4.69) is 5.32 Å². The molecule has 7 nitrogen and oxygen atoms in total. The van der Waals surface area contributed by atoms with E-state index < -0.39 is 18.0 Å². The normalized spacial score (nSPS) is 15.3. The summed E-state index contributed by atoms with van der Waals surface area (Å²) in [6.07, 6.45) is -0.138. The van der Waals surface area contributed by atoms with Crippen molar-refractivity contribution in [2.45, 2.75) is 18.9 Å². The molecule has 0 bridgehead atoms. The summed E-state index contributed by atoms with van der Waals surface area (Å²) in [4.78, 5) is 38.8. The fourth-order valence-corrected chi connectivity index (χ4v) is 3.24. The molecule has 0 spiro atoms. The quantitative estimate of drug-likeness (QED) is 0.783. The monoisotopic (exact) mass is 396 g/mol. The number of rotatable bonds is 5. The second-order valence-corrected chi connectivity index (χ2v) is 6.81. The van der Waals surface area contributed by atoms with Crippen LogP contribution in [0.3, 0.4) is 0 Å². The molecule has 1 atom stereocenters. The summed E-state index contributed by atoms with van der Waals surface area (Å²) in [5.74, 6) is -1.44. The molecule has 29 heavy (non-hydrogen) atoms. The van der Waals surface area contributed by atoms with Gasteiger partial charge in [0, 0.05) is 24.3 Å². The van der Waals surface area contributed by atoms with Gasteiger partial charge in [-0.25, -0.2) is 9.59 Å². The Hall–Kier alpha value is -3.35. The summed E-state index contributed by atoms with van der Waals surface area (Å²) in [6, 6.07) is 17.8. The highest BCUT2D eigenvalue weighted by molar-refractivity contribution is 5.89. The van der Waals surface area contributed by atoms with Gasteiger partial charge >= 0.3 is 18.0 Å². The molecule has 2 amide bonds. The minimum Gasteiger partial charge on any atom is -0.466 e. The smallest absolute Gasteiger partial charge is 0.351 e. The van der Waals surface area contributed by atoms with Gasteiger partial charge in [0.1, 0.15) is 0 Å². The molecule has 2 aromatic rings. The molecular formula is C22H24N2O5. The van der Waals surface area contributed by atoms with Crippen LogP contribution in [0.25, 0.3) is 0 Å². The third kappa shape index (κ3) is 5.34. The molecule has 1 unspecified atom stereocenters. The van der Waals surface area contributed by atoms with Crippen LogP contribution in [0.15, 0.2) is 60.7 Å². The molecule has 0 radical (unpaired) electrons. The van der Waals surface area contributed by atoms with Crippen molar-refractivity contribution >= 4 is 23.7 Å². The van der Waals surface area contributed by atoms with Crippen LogP contribution in [0.2, 0.25) is 0 Å². The predicted molar refractivity (Wildman–Crippen MR) is 107 cm³/mol. The lowest BCUT2D eigenvalue weighted by atomic mass is 9.97. The molecule has 3 rings (SSSR count). The average molecular weight is 396 g/mol. The highest BCUT2D eigenvalue weighted by Crippen LogP contribution is 2.25. The topological polar surface area (TPSA) is 84.9 Å². The van der Waals surface area contributed by atoms with Crippen LogP contribution in [0.1, 0.15) is 24.5 Å². The Morgan fingerprint density at radius 1 is 0.966 bits per heavy atom. The zero-order valence-corrected chi connectivity index (χ0v) is 16.2. The first-order valence-corrected chi connectivity index (χ1v) is 9.52. The van der Waals surface area contributed by atoms with Gasteiger partial charge in [-0.2, -0.15) is 0 Å². The molecule has 1 N–H and O–H groups in total. The van der Waals surface area contributed by atoms with Crippen LogP contribution in [-0.4, -0.2) is 43.1 Å². The van der Waals surface area contributed by atoms with Crippen molar-refractivity contribution in [3.63, 3.8) is 0 Å². The molecule has 1 aliphatic rings. The third-order valence-corrected chi connectivity index (χ3v) is 4.89. The Morgan fingerprint density at radius 2 is 1.55 bits per heavy atom. The number of piperidine rings is 1. The number of para-hydroxylation sites is 1. The van der Waals surface area contributed by atoms with Crippen molar-refractivity contribution in [1.29, 1.82) is 0 Å². The van der Waals surface area contributed by atoms with Gasteiger partial charge in [-0.15, -0.1) is 0 Å². The van der Waals surface area contributed by atoms with Crippen molar-refractivity contribution in [3.8, 4) is 0 Å². The minimum atomic E-state index is -1.09. The Morgan fingerprint density at radius 3 is 2.14 bits per heavy atom. The number of anilines is 1. The van der Waals surface area contributed by atoms with Crippen LogP contribution in [-0.2, 0) is 19.1 Å². The molecule has 1 fully saturated rings. The molecule has 1 heterocycles. The standard InChI is InChI=1S/C22H24N2O5/c1-28-21(26)19(16-8-4-2-5-9-16)29-20(25)17-12-14-24(15-13-17)22(27)23-18-10-6-3-7-11-18/h2-11,17,19H,12-15H2,1H3,(H,23,27). The van der Waals surface area contributed by atoms with Crippen LogP contribution >= 0.6 is 0 Å². The molecule has 7 heteroatoms. The van der Waals surface area contributed by atoms with E-state index in [1.165, 1.54) is 7.11 Å². The summed E-state index contributed by atoms with van der Waals surface area (Å²) in [5.41, 5.74) is 1.29. The van der Waals surface area contributed by atoms with Gasteiger partial charge in [-0.3, -0.25) is 4.79 Å². The van der Waals surface area contributed by atoms with Crippen molar-refractivity contribution in [3.05, 3.63) is 66.2 Å². The Balaban J connectivity index is 1.55. The number of carbonyl (C=O) groups excluding carboxylic acids is 3. The maximum atomic E-state index is 12.6. The lowest BCUT2D eigenvalue weighted by Gasteiger charge is -2.31. The van der Waals surface area contributed by atoms with E-state index >= 15 is 0 Å². The highest BCUT2D eigenvalue weighted by Gasteiger charge is 2.32. The first kappa shape index (κ1) is 20.4. The van der Waals surface area contributed by atoms with Gasteiger partial charge in [-0.1, -0.05) is 48.5 Å². The largest absolute Gasteiger partial charge is 0.466 e. The van der Waals surface area contributed by atoms with Crippen molar-refractivity contribution in [1.82, 2.24) is 4.90 Å². The van der Waals surface area contributed by atoms with Crippen molar-refractivity contribution in [2.75, 3.05) is 25.5 Å². The number of carbonyl (C=O) groups is 3. The lowest BCUT2D eigenvalue weighted by Crippen LogP contribution is -2.43. The maximum absolute atomic E-state index is 12.6. The van der Waals surface area contributed by atoms with Crippen LogP contribution in [0.5, 0.6) is 0 Å². The number of likely N-dealkylation sites (tertiary alicyclic amines) is 1. The van der Waals surface area contributed by atoms with Crippen LogP contribution in [0.4, 0.5) is 10.5 Å². The number of nitrogens with zero attached hydrogens (tertiary/aromatic N) is 1. The van der Waals surface area contributed by atoms with Gasteiger partial charge in [-0.05, 0) is 25.0 Å².